The third-order valence-electron chi connectivity index (χ3n) is 8.44. The van der Waals surface area contributed by atoms with Crippen molar-refractivity contribution in [3.63, 3.8) is 0 Å². The third kappa shape index (κ3) is 11.8. The summed E-state index contributed by atoms with van der Waals surface area (Å²) in [6.07, 6.45) is 3.40. The lowest BCUT2D eigenvalue weighted by atomic mass is 9.82. The topological polar surface area (TPSA) is 195 Å². The standard InChI is InChI=1S/C35H47N3O11/c1-21(2)30(27(40)16-25(18-39)31(43)36-26-12-8-23(9-13-26)19-47-33(45)35(3,4)5)37-34(46)49-20-48-32(44)24-10-6-22(7-11-24)17-38-28(41)14-15-29(38)42/h8-9,12-15,21-22,24-25,30,39H,6-7,10-11,16-20H2,1-5H3,(H,36,43)(H,37,46)/t22?,24?,25-,30-/m0/s1. The van der Waals surface area contributed by atoms with E-state index in [2.05, 4.69) is 10.6 Å². The lowest BCUT2D eigenvalue weighted by molar-refractivity contribution is -0.159. The second-order valence-corrected chi connectivity index (χ2v) is 13.8. The summed E-state index contributed by atoms with van der Waals surface area (Å²) in [7, 11) is 0. The van der Waals surface area contributed by atoms with Crippen molar-refractivity contribution < 1.29 is 52.9 Å². The summed E-state index contributed by atoms with van der Waals surface area (Å²) in [5, 5.41) is 15.0. The Balaban J connectivity index is 1.40. The number of ether oxygens (including phenoxy) is 3. The predicted octanol–water partition coefficient (Wildman–Crippen LogP) is 3.27. The summed E-state index contributed by atoms with van der Waals surface area (Å²) in [5.41, 5.74) is 0.497. The van der Waals surface area contributed by atoms with E-state index in [0.717, 1.165) is 0 Å². The zero-order chi connectivity index (χ0) is 36.3. The Morgan fingerprint density at radius 2 is 1.53 bits per heavy atom. The van der Waals surface area contributed by atoms with E-state index in [9.17, 15) is 38.7 Å². The second kappa shape index (κ2) is 17.7. The molecular formula is C35H47N3O11. The molecule has 2 atom stereocenters. The van der Waals surface area contributed by atoms with Crippen molar-refractivity contribution in [1.82, 2.24) is 10.2 Å². The quantitative estimate of drug-likeness (QED) is 0.139. The molecule has 14 heteroatoms. The molecule has 3 rings (SSSR count). The minimum absolute atomic E-state index is 0.0700. The number of benzene rings is 1. The van der Waals surface area contributed by atoms with Gasteiger partial charge >= 0.3 is 18.0 Å². The summed E-state index contributed by atoms with van der Waals surface area (Å²) in [4.78, 5) is 87.8. The molecule has 1 aromatic carbocycles. The average molecular weight is 686 g/mol. The number of Topliss-reactive ketones (excluding diaryl/α,β-unsaturated/α-hetero) is 1. The van der Waals surface area contributed by atoms with Gasteiger partial charge in [0.25, 0.3) is 11.8 Å². The highest BCUT2D eigenvalue weighted by Crippen LogP contribution is 2.31. The molecule has 1 aliphatic heterocycles. The first-order valence-electron chi connectivity index (χ1n) is 16.4. The first-order chi connectivity index (χ1) is 23.1. The Hall–Kier alpha value is -4.59. The van der Waals surface area contributed by atoms with Gasteiger partial charge in [-0.25, -0.2) is 4.79 Å². The van der Waals surface area contributed by atoms with Crippen LogP contribution in [0.15, 0.2) is 36.4 Å². The number of imide groups is 1. The van der Waals surface area contributed by atoms with Gasteiger partial charge in [0.15, 0.2) is 5.78 Å². The Morgan fingerprint density at radius 3 is 2.08 bits per heavy atom. The molecule has 0 spiro atoms. The lowest BCUT2D eigenvalue weighted by Crippen LogP contribution is -2.46. The monoisotopic (exact) mass is 685 g/mol. The van der Waals surface area contributed by atoms with Crippen LogP contribution in [0, 0.1) is 29.1 Å². The molecule has 1 fully saturated rings. The molecule has 2 aliphatic rings. The first-order valence-corrected chi connectivity index (χ1v) is 16.4. The summed E-state index contributed by atoms with van der Waals surface area (Å²) < 4.78 is 15.4. The van der Waals surface area contributed by atoms with Gasteiger partial charge in [0.1, 0.15) is 6.61 Å². The Morgan fingerprint density at radius 1 is 0.918 bits per heavy atom. The number of hydrogen-bond acceptors (Lipinski definition) is 11. The van der Waals surface area contributed by atoms with Gasteiger partial charge in [-0.1, -0.05) is 26.0 Å². The van der Waals surface area contributed by atoms with Crippen LogP contribution in [0.25, 0.3) is 0 Å². The summed E-state index contributed by atoms with van der Waals surface area (Å²) in [6, 6.07) is 5.54. The van der Waals surface area contributed by atoms with Crippen LogP contribution in [0.1, 0.15) is 72.3 Å². The molecule has 0 saturated heterocycles. The highest BCUT2D eigenvalue weighted by molar-refractivity contribution is 6.12. The number of rotatable bonds is 15. The van der Waals surface area contributed by atoms with Crippen molar-refractivity contribution in [2.24, 2.45) is 29.1 Å². The van der Waals surface area contributed by atoms with Crippen molar-refractivity contribution in [3.05, 3.63) is 42.0 Å². The maximum atomic E-state index is 13.1. The Labute approximate surface area is 285 Å². The zero-order valence-corrected chi connectivity index (χ0v) is 28.7. The molecule has 0 radical (unpaired) electrons. The largest absolute Gasteiger partial charge is 0.460 e. The molecule has 0 bridgehead atoms. The molecule has 268 valence electrons. The number of anilines is 1. The Bertz CT molecular complexity index is 1390. The molecule has 1 saturated carbocycles. The minimum atomic E-state index is -1.09. The van der Waals surface area contributed by atoms with Crippen molar-refractivity contribution in [2.45, 2.75) is 79.4 Å². The van der Waals surface area contributed by atoms with Gasteiger partial charge in [0, 0.05) is 30.8 Å². The fourth-order valence-corrected chi connectivity index (χ4v) is 5.40. The minimum Gasteiger partial charge on any atom is -0.460 e. The van der Waals surface area contributed by atoms with Gasteiger partial charge in [-0.3, -0.25) is 33.7 Å². The van der Waals surface area contributed by atoms with Crippen LogP contribution in [0.2, 0.25) is 0 Å². The SMILES string of the molecule is CC(C)[C@H](NC(=O)OCOC(=O)C1CCC(CN2C(=O)C=CC2=O)CC1)C(=O)C[C@@H](CO)C(=O)Nc1ccc(COC(=O)C(C)(C)C)cc1. The number of alkyl carbamates (subject to hydrolysis) is 1. The summed E-state index contributed by atoms with van der Waals surface area (Å²) in [6.45, 7) is 7.75. The van der Waals surface area contributed by atoms with E-state index in [0.29, 0.717) is 43.5 Å². The van der Waals surface area contributed by atoms with Gasteiger partial charge in [-0.2, -0.15) is 0 Å². The normalized spacial score (nSPS) is 18.9. The van der Waals surface area contributed by atoms with Gasteiger partial charge < -0.3 is 30.0 Å². The van der Waals surface area contributed by atoms with E-state index in [1.807, 2.05) is 0 Å². The van der Waals surface area contributed by atoms with Crippen molar-refractivity contribution in [3.8, 4) is 0 Å². The van der Waals surface area contributed by atoms with Crippen LogP contribution in [-0.2, 0) is 49.6 Å². The molecule has 1 aromatic rings. The molecule has 1 aliphatic carbocycles. The average Bonchev–Trinajstić information content (AvgIpc) is 3.37. The van der Waals surface area contributed by atoms with E-state index in [1.165, 1.54) is 17.1 Å². The number of carbonyl (C=O) groups excluding carboxylic acids is 7. The van der Waals surface area contributed by atoms with E-state index in [4.69, 9.17) is 14.2 Å². The van der Waals surface area contributed by atoms with Crippen LogP contribution in [-0.4, -0.2) is 77.5 Å². The number of carbonyl (C=O) groups is 7. The van der Waals surface area contributed by atoms with Gasteiger partial charge in [-0.05, 0) is 76.0 Å². The highest BCUT2D eigenvalue weighted by atomic mass is 16.7. The maximum absolute atomic E-state index is 13.1. The summed E-state index contributed by atoms with van der Waals surface area (Å²) >= 11 is 0. The van der Waals surface area contributed by atoms with Crippen molar-refractivity contribution in [1.29, 1.82) is 0 Å². The number of aliphatic hydroxyl groups is 1. The van der Waals surface area contributed by atoms with E-state index in [-0.39, 0.29) is 42.6 Å². The number of amides is 4. The second-order valence-electron chi connectivity index (χ2n) is 13.8. The third-order valence-corrected chi connectivity index (χ3v) is 8.44. The van der Waals surface area contributed by atoms with E-state index < -0.39 is 60.4 Å². The van der Waals surface area contributed by atoms with Crippen molar-refractivity contribution in [2.75, 3.05) is 25.3 Å². The molecule has 4 amide bonds. The smallest absolute Gasteiger partial charge is 0.410 e. The zero-order valence-electron chi connectivity index (χ0n) is 28.7. The van der Waals surface area contributed by atoms with E-state index >= 15 is 0 Å². The number of nitrogens with zero attached hydrogens (tertiary/aromatic N) is 1. The fourth-order valence-electron chi connectivity index (χ4n) is 5.40. The van der Waals surface area contributed by atoms with E-state index in [1.54, 1.807) is 58.9 Å². The molecule has 49 heavy (non-hydrogen) atoms. The molecule has 0 unspecified atom stereocenters. The number of aliphatic hydroxyl groups excluding tert-OH is 1. The highest BCUT2D eigenvalue weighted by Gasteiger charge is 2.33. The fraction of sp³-hybridized carbons (Fsp3) is 0.571. The maximum Gasteiger partial charge on any atom is 0.410 e. The van der Waals surface area contributed by atoms with Gasteiger partial charge in [-0.15, -0.1) is 0 Å². The van der Waals surface area contributed by atoms with Crippen LogP contribution in [0.4, 0.5) is 10.5 Å². The van der Waals surface area contributed by atoms with Crippen LogP contribution in [0.5, 0.6) is 0 Å². The first kappa shape index (κ1) is 38.9. The van der Waals surface area contributed by atoms with Crippen molar-refractivity contribution >= 4 is 47.2 Å². The number of ketones is 1. The predicted molar refractivity (Wildman–Crippen MR) is 175 cm³/mol. The Kier molecular flexibility index (Phi) is 14.0. The van der Waals surface area contributed by atoms with Crippen LogP contribution < -0.4 is 10.6 Å². The number of nitrogens with one attached hydrogen (secondary N) is 2. The summed E-state index contributed by atoms with van der Waals surface area (Å²) in [5.74, 6) is -4.44. The van der Waals surface area contributed by atoms with Gasteiger partial charge in [0.2, 0.25) is 12.7 Å². The molecule has 0 aromatic heterocycles. The van der Waals surface area contributed by atoms with Gasteiger partial charge in [0.05, 0.1) is 29.9 Å². The lowest BCUT2D eigenvalue weighted by Gasteiger charge is -2.29. The molecule has 14 nitrogen and oxygen atoms in total. The molecular weight excluding hydrogens is 638 g/mol. The molecule has 3 N–H and O–H groups in total. The van der Waals surface area contributed by atoms with Crippen LogP contribution in [0.3, 0.4) is 0 Å². The molecule has 1 heterocycles. The number of esters is 2. The number of hydrogen-bond donors (Lipinski definition) is 3. The van der Waals surface area contributed by atoms with Crippen LogP contribution >= 0.6 is 0 Å².